The Kier molecular flexibility index (Phi) is 4.26. The highest BCUT2D eigenvalue weighted by Crippen LogP contribution is 2.24. The summed E-state index contributed by atoms with van der Waals surface area (Å²) in [4.78, 5) is 11.7. The molecule has 0 fully saturated rings. The van der Waals surface area contributed by atoms with Gasteiger partial charge in [0, 0.05) is 0 Å². The topological polar surface area (TPSA) is 58.6 Å². The van der Waals surface area contributed by atoms with Crippen molar-refractivity contribution in [1.29, 1.82) is 0 Å². The highest BCUT2D eigenvalue weighted by Gasteiger charge is 2.07. The number of aromatic hydroxyl groups is 1. The van der Waals surface area contributed by atoms with Gasteiger partial charge < -0.3 is 15.2 Å². The Hall–Kier alpha value is -2.20. The first kappa shape index (κ1) is 13.2. The number of halogens is 1. The van der Waals surface area contributed by atoms with E-state index in [1.807, 2.05) is 0 Å². The second-order valence-electron chi connectivity index (χ2n) is 3.78. The fourth-order valence-corrected chi connectivity index (χ4v) is 1.66. The molecule has 0 saturated carbocycles. The molecule has 0 aliphatic rings. The highest BCUT2D eigenvalue weighted by atomic mass is 35.5. The predicted molar refractivity (Wildman–Crippen MR) is 73.7 cm³/mol. The number of phenols is 1. The van der Waals surface area contributed by atoms with Gasteiger partial charge in [-0.05, 0) is 24.3 Å². The van der Waals surface area contributed by atoms with Crippen LogP contribution in [0.4, 0.5) is 5.69 Å². The van der Waals surface area contributed by atoms with E-state index in [4.69, 9.17) is 16.3 Å². The van der Waals surface area contributed by atoms with E-state index in [9.17, 15) is 9.90 Å². The van der Waals surface area contributed by atoms with Crippen LogP contribution in [0.3, 0.4) is 0 Å². The first-order valence-corrected chi connectivity index (χ1v) is 6.00. The quantitative estimate of drug-likeness (QED) is 0.845. The summed E-state index contributed by atoms with van der Waals surface area (Å²) >= 11 is 5.90. The van der Waals surface area contributed by atoms with Crippen molar-refractivity contribution in [3.05, 3.63) is 53.6 Å². The summed E-state index contributed by atoms with van der Waals surface area (Å²) in [5.41, 5.74) is 0.343. The molecule has 19 heavy (non-hydrogen) atoms. The minimum atomic E-state index is -0.374. The fraction of sp³-hybridized carbons (Fsp3) is 0.0714. The zero-order chi connectivity index (χ0) is 13.7. The maximum absolute atomic E-state index is 11.7. The first-order valence-electron chi connectivity index (χ1n) is 5.62. The van der Waals surface area contributed by atoms with Gasteiger partial charge >= 0.3 is 0 Å². The fourth-order valence-electron chi connectivity index (χ4n) is 1.47. The number of carbonyl (C=O) groups is 1. The monoisotopic (exact) mass is 277 g/mol. The number of para-hydroxylation sites is 3. The van der Waals surface area contributed by atoms with Crippen LogP contribution in [0.15, 0.2) is 48.5 Å². The van der Waals surface area contributed by atoms with E-state index < -0.39 is 0 Å². The first-order chi connectivity index (χ1) is 9.16. The number of phenolic OH excluding ortho intramolecular Hbond substituents is 1. The number of amides is 1. The third-order valence-electron chi connectivity index (χ3n) is 2.37. The molecule has 0 bridgehead atoms. The van der Waals surface area contributed by atoms with Crippen LogP contribution in [0.1, 0.15) is 0 Å². The van der Waals surface area contributed by atoms with Crippen LogP contribution in [0, 0.1) is 0 Å². The van der Waals surface area contributed by atoms with Crippen molar-refractivity contribution in [2.45, 2.75) is 0 Å². The molecule has 0 aliphatic carbocycles. The van der Waals surface area contributed by atoms with Crippen molar-refractivity contribution in [3.63, 3.8) is 0 Å². The van der Waals surface area contributed by atoms with E-state index in [0.717, 1.165) is 0 Å². The summed E-state index contributed by atoms with van der Waals surface area (Å²) in [5.74, 6) is 0.0756. The number of hydrogen-bond donors (Lipinski definition) is 2. The maximum Gasteiger partial charge on any atom is 0.262 e. The number of benzene rings is 2. The zero-order valence-electron chi connectivity index (χ0n) is 9.97. The summed E-state index contributed by atoms with van der Waals surface area (Å²) in [7, 11) is 0. The Morgan fingerprint density at radius 2 is 1.84 bits per heavy atom. The molecule has 1 amide bonds. The normalized spacial score (nSPS) is 9.95. The Morgan fingerprint density at radius 1 is 1.16 bits per heavy atom. The van der Waals surface area contributed by atoms with Gasteiger partial charge in [-0.1, -0.05) is 35.9 Å². The summed E-state index contributed by atoms with van der Waals surface area (Å²) in [6.07, 6.45) is 0. The van der Waals surface area contributed by atoms with Crippen LogP contribution < -0.4 is 10.1 Å². The largest absolute Gasteiger partial charge is 0.506 e. The maximum atomic E-state index is 11.7. The van der Waals surface area contributed by atoms with Gasteiger partial charge in [-0.25, -0.2) is 0 Å². The number of ether oxygens (including phenoxy) is 1. The summed E-state index contributed by atoms with van der Waals surface area (Å²) < 4.78 is 5.29. The Bertz CT molecular complexity index is 586. The average Bonchev–Trinajstić information content (AvgIpc) is 2.40. The molecule has 0 unspecified atom stereocenters. The van der Waals surface area contributed by atoms with E-state index in [0.29, 0.717) is 16.5 Å². The third-order valence-corrected chi connectivity index (χ3v) is 2.69. The number of carbonyl (C=O) groups excluding carboxylic acids is 1. The molecule has 0 spiro atoms. The second kappa shape index (κ2) is 6.11. The lowest BCUT2D eigenvalue weighted by molar-refractivity contribution is -0.118. The summed E-state index contributed by atoms with van der Waals surface area (Å²) in [5, 5.41) is 12.5. The molecule has 0 aliphatic heterocycles. The summed E-state index contributed by atoms with van der Waals surface area (Å²) in [6.45, 7) is -0.182. The smallest absolute Gasteiger partial charge is 0.262 e. The van der Waals surface area contributed by atoms with E-state index >= 15 is 0 Å². The lowest BCUT2D eigenvalue weighted by Gasteiger charge is -2.09. The number of anilines is 1. The molecule has 98 valence electrons. The number of nitrogens with one attached hydrogen (secondary N) is 1. The van der Waals surface area contributed by atoms with E-state index in [2.05, 4.69) is 5.32 Å². The van der Waals surface area contributed by atoms with Crippen molar-refractivity contribution in [3.8, 4) is 11.5 Å². The van der Waals surface area contributed by atoms with E-state index in [-0.39, 0.29) is 18.3 Å². The van der Waals surface area contributed by atoms with Gasteiger partial charge in [-0.15, -0.1) is 0 Å². The van der Waals surface area contributed by atoms with Gasteiger partial charge in [0.05, 0.1) is 10.7 Å². The lowest BCUT2D eigenvalue weighted by Crippen LogP contribution is -2.20. The van der Waals surface area contributed by atoms with E-state index in [1.165, 1.54) is 6.07 Å². The molecular weight excluding hydrogens is 266 g/mol. The molecular formula is C14H12ClNO3. The molecule has 0 atom stereocenters. The van der Waals surface area contributed by atoms with Crippen molar-refractivity contribution in [2.75, 3.05) is 11.9 Å². The number of hydrogen-bond acceptors (Lipinski definition) is 3. The SMILES string of the molecule is O=C(COc1ccccc1Cl)Nc1ccccc1O. The standard InChI is InChI=1S/C14H12ClNO3/c15-10-5-1-4-8-13(10)19-9-14(18)16-11-6-2-3-7-12(11)17/h1-8,17H,9H2,(H,16,18). The van der Waals surface area contributed by atoms with Gasteiger partial charge in [0.2, 0.25) is 0 Å². The second-order valence-corrected chi connectivity index (χ2v) is 4.19. The highest BCUT2D eigenvalue weighted by molar-refractivity contribution is 6.32. The minimum absolute atomic E-state index is 0.00796. The van der Waals surface area contributed by atoms with Crippen LogP contribution in [0.2, 0.25) is 5.02 Å². The van der Waals surface area contributed by atoms with Crippen molar-refractivity contribution < 1.29 is 14.6 Å². The molecule has 0 aromatic heterocycles. The molecule has 2 rings (SSSR count). The minimum Gasteiger partial charge on any atom is -0.506 e. The molecule has 2 aromatic rings. The Balaban J connectivity index is 1.92. The van der Waals surface area contributed by atoms with Crippen molar-refractivity contribution >= 4 is 23.2 Å². The third kappa shape index (κ3) is 3.63. The Morgan fingerprint density at radius 3 is 2.58 bits per heavy atom. The van der Waals surface area contributed by atoms with Crippen LogP contribution in [0.5, 0.6) is 11.5 Å². The van der Waals surface area contributed by atoms with Gasteiger partial charge in [0.25, 0.3) is 5.91 Å². The molecule has 5 heteroatoms. The van der Waals surface area contributed by atoms with Gasteiger partial charge in [-0.2, -0.15) is 0 Å². The molecule has 2 N–H and O–H groups in total. The van der Waals surface area contributed by atoms with Crippen LogP contribution in [-0.4, -0.2) is 17.6 Å². The van der Waals surface area contributed by atoms with Gasteiger partial charge in [0.15, 0.2) is 6.61 Å². The van der Waals surface area contributed by atoms with E-state index in [1.54, 1.807) is 42.5 Å². The van der Waals surface area contributed by atoms with Crippen LogP contribution in [-0.2, 0) is 4.79 Å². The lowest BCUT2D eigenvalue weighted by atomic mass is 10.3. The van der Waals surface area contributed by atoms with Gasteiger partial charge in [-0.3, -0.25) is 4.79 Å². The molecule has 0 radical (unpaired) electrons. The van der Waals surface area contributed by atoms with Crippen LogP contribution >= 0.6 is 11.6 Å². The summed E-state index contributed by atoms with van der Waals surface area (Å²) in [6, 6.07) is 13.4. The van der Waals surface area contributed by atoms with Crippen molar-refractivity contribution in [2.24, 2.45) is 0 Å². The molecule has 2 aromatic carbocycles. The average molecular weight is 278 g/mol. The molecule has 4 nitrogen and oxygen atoms in total. The van der Waals surface area contributed by atoms with Gasteiger partial charge in [0.1, 0.15) is 11.5 Å². The predicted octanol–water partition coefficient (Wildman–Crippen LogP) is 3.06. The van der Waals surface area contributed by atoms with Crippen molar-refractivity contribution in [1.82, 2.24) is 0 Å². The molecule has 0 saturated heterocycles. The molecule has 0 heterocycles. The zero-order valence-corrected chi connectivity index (χ0v) is 10.7. The van der Waals surface area contributed by atoms with Crippen LogP contribution in [0.25, 0.3) is 0 Å². The Labute approximate surface area is 115 Å². The number of rotatable bonds is 4.